The molecule has 0 aliphatic carbocycles. The molecule has 0 fully saturated rings. The van der Waals surface area contributed by atoms with E-state index in [4.69, 9.17) is 9.84 Å². The minimum absolute atomic E-state index is 0.292. The highest BCUT2D eigenvalue weighted by molar-refractivity contribution is 6.00. The second-order valence-corrected chi connectivity index (χ2v) is 6.41. The number of hydrogen-bond donors (Lipinski definition) is 2. The van der Waals surface area contributed by atoms with Crippen LogP contribution >= 0.6 is 0 Å². The number of nitrogens with one attached hydrogen (secondary N) is 1. The summed E-state index contributed by atoms with van der Waals surface area (Å²) in [6.07, 6.45) is -0.732. The average molecular weight is 320 g/mol. The van der Waals surface area contributed by atoms with Gasteiger partial charge in [-0.15, -0.1) is 0 Å². The summed E-state index contributed by atoms with van der Waals surface area (Å²) in [5.74, 6) is -2.24. The van der Waals surface area contributed by atoms with Crippen LogP contribution in [0.4, 0.5) is 10.5 Å². The Balaban J connectivity index is 2.26. The van der Waals surface area contributed by atoms with E-state index in [2.05, 4.69) is 5.43 Å². The normalized spacial score (nSPS) is 17.4. The number of nitrogens with zero attached hydrogens (tertiary/aromatic N) is 1. The Bertz CT molecular complexity index is 636. The van der Waals surface area contributed by atoms with Gasteiger partial charge in [0.1, 0.15) is 5.60 Å². The Morgan fingerprint density at radius 1 is 1.35 bits per heavy atom. The monoisotopic (exact) mass is 320 g/mol. The lowest BCUT2D eigenvalue weighted by Crippen LogP contribution is -2.53. The molecule has 1 aromatic carbocycles. The summed E-state index contributed by atoms with van der Waals surface area (Å²) in [5, 5.41) is 10.1. The van der Waals surface area contributed by atoms with Crippen molar-refractivity contribution in [2.24, 2.45) is 5.92 Å². The molecule has 0 radical (unpaired) electrons. The molecule has 1 atom stereocenters. The number of aliphatic carboxylic acids is 1. The number of carbonyl (C=O) groups excluding carboxylic acids is 2. The molecule has 1 heterocycles. The number of fused-ring (bicyclic) bond motifs is 1. The van der Waals surface area contributed by atoms with Gasteiger partial charge < -0.3 is 9.84 Å². The molecule has 7 heteroatoms. The van der Waals surface area contributed by atoms with E-state index >= 15 is 0 Å². The molecule has 1 aliphatic heterocycles. The lowest BCUT2D eigenvalue weighted by molar-refractivity contribution is -0.140. The molecule has 2 N–H and O–H groups in total. The van der Waals surface area contributed by atoms with E-state index in [-0.39, 0.29) is 6.42 Å². The van der Waals surface area contributed by atoms with Gasteiger partial charge in [0.2, 0.25) is 5.91 Å². The first-order valence-corrected chi connectivity index (χ1v) is 7.30. The van der Waals surface area contributed by atoms with Crippen molar-refractivity contribution in [3.63, 3.8) is 0 Å². The summed E-state index contributed by atoms with van der Waals surface area (Å²) in [6, 6.07) is 7.05. The van der Waals surface area contributed by atoms with Crippen molar-refractivity contribution < 1.29 is 24.2 Å². The number of carbonyl (C=O) groups is 3. The summed E-state index contributed by atoms with van der Waals surface area (Å²) < 4.78 is 5.16. The van der Waals surface area contributed by atoms with E-state index in [1.165, 1.54) is 0 Å². The molecule has 0 saturated heterocycles. The van der Waals surface area contributed by atoms with Gasteiger partial charge >= 0.3 is 12.1 Å². The van der Waals surface area contributed by atoms with Gasteiger partial charge in [-0.05, 0) is 38.8 Å². The molecule has 7 nitrogen and oxygen atoms in total. The highest BCUT2D eigenvalue weighted by Crippen LogP contribution is 2.30. The maximum absolute atomic E-state index is 12.5. The van der Waals surface area contributed by atoms with Gasteiger partial charge in [0, 0.05) is 0 Å². The van der Waals surface area contributed by atoms with Gasteiger partial charge in [-0.1, -0.05) is 18.2 Å². The second-order valence-electron chi connectivity index (χ2n) is 6.41. The van der Waals surface area contributed by atoms with E-state index in [0.29, 0.717) is 12.1 Å². The maximum Gasteiger partial charge on any atom is 0.427 e. The predicted molar refractivity (Wildman–Crippen MR) is 82.7 cm³/mol. The molecule has 1 aliphatic rings. The summed E-state index contributed by atoms with van der Waals surface area (Å²) in [5.41, 5.74) is 3.04. The number of rotatable bonds is 3. The number of para-hydroxylation sites is 1. The third-order valence-electron chi connectivity index (χ3n) is 3.29. The van der Waals surface area contributed by atoms with Crippen molar-refractivity contribution in [3.05, 3.63) is 29.8 Å². The third-order valence-corrected chi connectivity index (χ3v) is 3.29. The SMILES string of the molecule is CC(C)(C)OC(=O)NN1C(=O)[C@H](CC(=O)O)Cc2ccccc21. The number of amides is 2. The number of carboxylic acid groups (broad SMARTS) is 1. The van der Waals surface area contributed by atoms with Crippen molar-refractivity contribution in [2.75, 3.05) is 5.01 Å². The summed E-state index contributed by atoms with van der Waals surface area (Å²) in [7, 11) is 0. The summed E-state index contributed by atoms with van der Waals surface area (Å²) in [6.45, 7) is 5.14. The van der Waals surface area contributed by atoms with E-state index < -0.39 is 29.5 Å². The van der Waals surface area contributed by atoms with Gasteiger partial charge in [-0.2, -0.15) is 0 Å². The molecule has 0 saturated carbocycles. The zero-order valence-corrected chi connectivity index (χ0v) is 13.3. The van der Waals surface area contributed by atoms with Crippen LogP contribution in [0.5, 0.6) is 0 Å². The fourth-order valence-corrected chi connectivity index (χ4v) is 2.43. The van der Waals surface area contributed by atoms with Gasteiger partial charge in [0.15, 0.2) is 0 Å². The lowest BCUT2D eigenvalue weighted by atomic mass is 9.90. The number of anilines is 1. The van der Waals surface area contributed by atoms with Gasteiger partial charge in [0.05, 0.1) is 18.0 Å². The lowest BCUT2D eigenvalue weighted by Gasteiger charge is -2.34. The average Bonchev–Trinajstić information content (AvgIpc) is 2.41. The van der Waals surface area contributed by atoms with Gasteiger partial charge in [-0.3, -0.25) is 9.59 Å². The predicted octanol–water partition coefficient (Wildman–Crippen LogP) is 2.11. The molecule has 0 unspecified atom stereocenters. The van der Waals surface area contributed by atoms with E-state index in [9.17, 15) is 14.4 Å². The Morgan fingerprint density at radius 2 is 2.00 bits per heavy atom. The minimum Gasteiger partial charge on any atom is -0.481 e. The van der Waals surface area contributed by atoms with E-state index in [0.717, 1.165) is 10.6 Å². The van der Waals surface area contributed by atoms with Crippen LogP contribution in [0.25, 0.3) is 0 Å². The summed E-state index contributed by atoms with van der Waals surface area (Å²) in [4.78, 5) is 35.4. The molecule has 0 bridgehead atoms. The molecule has 2 rings (SSSR count). The van der Waals surface area contributed by atoms with Crippen LogP contribution in [-0.4, -0.2) is 28.7 Å². The van der Waals surface area contributed by atoms with Crippen molar-refractivity contribution >= 4 is 23.7 Å². The highest BCUT2D eigenvalue weighted by atomic mass is 16.6. The molecule has 23 heavy (non-hydrogen) atoms. The number of ether oxygens (including phenoxy) is 1. The first-order chi connectivity index (χ1) is 10.7. The molecule has 0 spiro atoms. The van der Waals surface area contributed by atoms with E-state index in [1.54, 1.807) is 45.0 Å². The number of hydrazine groups is 1. The smallest absolute Gasteiger partial charge is 0.427 e. The number of hydrogen-bond acceptors (Lipinski definition) is 4. The van der Waals surface area contributed by atoms with E-state index in [1.807, 2.05) is 0 Å². The third kappa shape index (κ3) is 4.21. The van der Waals surface area contributed by atoms with Gasteiger partial charge in [0.25, 0.3) is 0 Å². The zero-order valence-electron chi connectivity index (χ0n) is 13.3. The first-order valence-electron chi connectivity index (χ1n) is 7.30. The fourth-order valence-electron chi connectivity index (χ4n) is 2.43. The summed E-state index contributed by atoms with van der Waals surface area (Å²) >= 11 is 0. The van der Waals surface area contributed by atoms with Crippen molar-refractivity contribution in [1.29, 1.82) is 0 Å². The van der Waals surface area contributed by atoms with Crippen molar-refractivity contribution in [3.8, 4) is 0 Å². The minimum atomic E-state index is -1.06. The Labute approximate surface area is 134 Å². The zero-order chi connectivity index (χ0) is 17.2. The molecule has 2 amide bonds. The second kappa shape index (κ2) is 6.28. The number of carboxylic acids is 1. The van der Waals surface area contributed by atoms with Crippen LogP contribution in [0.3, 0.4) is 0 Å². The largest absolute Gasteiger partial charge is 0.481 e. The Kier molecular flexibility index (Phi) is 4.58. The molecular weight excluding hydrogens is 300 g/mol. The van der Waals surface area contributed by atoms with Crippen LogP contribution in [-0.2, 0) is 20.7 Å². The Morgan fingerprint density at radius 3 is 2.61 bits per heavy atom. The van der Waals surface area contributed by atoms with Crippen LogP contribution in [0.15, 0.2) is 24.3 Å². The standard InChI is InChI=1S/C16H20N2O5/c1-16(2,3)23-15(22)17-18-12-7-5-4-6-10(12)8-11(14(18)21)9-13(19)20/h4-7,11H,8-9H2,1-3H3,(H,17,22)(H,19,20)/t11-/m0/s1. The number of benzene rings is 1. The van der Waals surface area contributed by atoms with Crippen LogP contribution in [0.2, 0.25) is 0 Å². The quantitative estimate of drug-likeness (QED) is 0.889. The fraction of sp³-hybridized carbons (Fsp3) is 0.438. The molecule has 124 valence electrons. The highest BCUT2D eigenvalue weighted by Gasteiger charge is 2.35. The molecule has 0 aromatic heterocycles. The topological polar surface area (TPSA) is 95.9 Å². The first kappa shape index (κ1) is 16.8. The molecular formula is C16H20N2O5. The van der Waals surface area contributed by atoms with Crippen molar-refractivity contribution in [1.82, 2.24) is 5.43 Å². The van der Waals surface area contributed by atoms with Gasteiger partial charge in [-0.25, -0.2) is 15.2 Å². The van der Waals surface area contributed by atoms with Crippen LogP contribution in [0, 0.1) is 5.92 Å². The van der Waals surface area contributed by atoms with Crippen LogP contribution < -0.4 is 10.4 Å². The molecule has 1 aromatic rings. The van der Waals surface area contributed by atoms with Crippen molar-refractivity contribution in [2.45, 2.75) is 39.2 Å². The maximum atomic E-state index is 12.5. The Hall–Kier alpha value is -2.57. The van der Waals surface area contributed by atoms with Crippen LogP contribution in [0.1, 0.15) is 32.8 Å².